The van der Waals surface area contributed by atoms with Gasteiger partial charge in [0.15, 0.2) is 0 Å². The highest BCUT2D eigenvalue weighted by Gasteiger charge is 2.49. The maximum Gasteiger partial charge on any atom is 0.269 e. The van der Waals surface area contributed by atoms with Gasteiger partial charge in [0.05, 0.1) is 12.7 Å². The Morgan fingerprint density at radius 2 is 2.21 bits per heavy atom. The van der Waals surface area contributed by atoms with Gasteiger partial charge in [-0.2, -0.15) is 5.10 Å². The van der Waals surface area contributed by atoms with E-state index in [0.29, 0.717) is 37.2 Å². The molecule has 3 heterocycles. The number of rotatable bonds is 4. The molecular weight excluding hydrogens is 308 g/mol. The van der Waals surface area contributed by atoms with Gasteiger partial charge in [0.1, 0.15) is 5.69 Å². The van der Waals surface area contributed by atoms with Gasteiger partial charge in [0.2, 0.25) is 5.91 Å². The minimum Gasteiger partial charge on any atom is -0.376 e. The predicted molar refractivity (Wildman–Crippen MR) is 86.1 cm³/mol. The highest BCUT2D eigenvalue weighted by atomic mass is 16.5. The molecule has 3 fully saturated rings. The zero-order chi connectivity index (χ0) is 16.8. The van der Waals surface area contributed by atoms with Gasteiger partial charge in [-0.15, -0.1) is 0 Å². The third kappa shape index (κ3) is 2.70. The lowest BCUT2D eigenvalue weighted by Gasteiger charge is -2.20. The number of likely N-dealkylation sites (tertiary alicyclic amines) is 1. The second-order valence-electron chi connectivity index (χ2n) is 7.41. The van der Waals surface area contributed by atoms with Crippen molar-refractivity contribution in [3.8, 4) is 0 Å². The van der Waals surface area contributed by atoms with Crippen LogP contribution in [0.4, 0.5) is 0 Å². The van der Waals surface area contributed by atoms with Crippen molar-refractivity contribution >= 4 is 11.8 Å². The zero-order valence-corrected chi connectivity index (χ0v) is 14.1. The first kappa shape index (κ1) is 15.6. The van der Waals surface area contributed by atoms with Gasteiger partial charge in [0.25, 0.3) is 5.91 Å². The average molecular weight is 332 g/mol. The van der Waals surface area contributed by atoms with E-state index in [9.17, 15) is 9.59 Å². The quantitative estimate of drug-likeness (QED) is 0.859. The lowest BCUT2D eigenvalue weighted by molar-refractivity contribution is -0.132. The fraction of sp³-hybridized carbons (Fsp3) is 0.706. The monoisotopic (exact) mass is 332 g/mol. The molecular formula is C17H24N4O3. The fourth-order valence-corrected chi connectivity index (χ4v) is 4.00. The molecule has 5 atom stereocenters. The molecule has 2 saturated heterocycles. The van der Waals surface area contributed by atoms with Crippen LogP contribution in [0.15, 0.2) is 12.3 Å². The van der Waals surface area contributed by atoms with Crippen LogP contribution in [0, 0.1) is 23.7 Å². The molecule has 0 unspecified atom stereocenters. The van der Waals surface area contributed by atoms with Gasteiger partial charge in [0, 0.05) is 50.6 Å². The molecule has 7 nitrogen and oxygen atoms in total. The molecule has 3 aliphatic rings. The maximum atomic E-state index is 12.4. The molecule has 1 N–H and O–H groups in total. The Bertz CT molecular complexity index is 658. The molecule has 2 amide bonds. The van der Waals surface area contributed by atoms with E-state index in [1.807, 2.05) is 4.90 Å². The number of ether oxygens (including phenoxy) is 1. The lowest BCUT2D eigenvalue weighted by atomic mass is 9.93. The van der Waals surface area contributed by atoms with Crippen LogP contribution in [0.1, 0.15) is 23.8 Å². The van der Waals surface area contributed by atoms with Crippen LogP contribution in [0.5, 0.6) is 0 Å². The number of amides is 2. The predicted octanol–water partition coefficient (Wildman–Crippen LogP) is 0.279. The smallest absolute Gasteiger partial charge is 0.269 e. The number of aromatic nitrogens is 2. The number of hydrogen-bond acceptors (Lipinski definition) is 4. The van der Waals surface area contributed by atoms with Crippen molar-refractivity contribution in [3.05, 3.63) is 18.0 Å². The van der Waals surface area contributed by atoms with E-state index in [2.05, 4.69) is 17.3 Å². The molecule has 1 aromatic heterocycles. The van der Waals surface area contributed by atoms with Crippen LogP contribution < -0.4 is 5.32 Å². The minimum atomic E-state index is -0.115. The van der Waals surface area contributed by atoms with Crippen molar-refractivity contribution < 1.29 is 14.3 Å². The Labute approximate surface area is 141 Å². The van der Waals surface area contributed by atoms with E-state index in [4.69, 9.17) is 4.74 Å². The number of carbonyl (C=O) groups excluding carboxylic acids is 2. The summed E-state index contributed by atoms with van der Waals surface area (Å²) in [4.78, 5) is 26.6. The summed E-state index contributed by atoms with van der Waals surface area (Å²) in [5.74, 6) is 1.53. The molecule has 1 saturated carbocycles. The summed E-state index contributed by atoms with van der Waals surface area (Å²) < 4.78 is 7.45. The van der Waals surface area contributed by atoms with Crippen molar-refractivity contribution in [3.63, 3.8) is 0 Å². The van der Waals surface area contributed by atoms with Gasteiger partial charge in [-0.3, -0.25) is 14.3 Å². The van der Waals surface area contributed by atoms with Gasteiger partial charge >= 0.3 is 0 Å². The molecule has 4 rings (SSSR count). The molecule has 24 heavy (non-hydrogen) atoms. The molecule has 7 heteroatoms. The van der Waals surface area contributed by atoms with E-state index in [1.165, 1.54) is 0 Å². The van der Waals surface area contributed by atoms with Gasteiger partial charge < -0.3 is 15.0 Å². The Morgan fingerprint density at radius 1 is 1.42 bits per heavy atom. The summed E-state index contributed by atoms with van der Waals surface area (Å²) in [6.07, 6.45) is 2.76. The number of nitrogens with one attached hydrogen (secondary N) is 1. The van der Waals surface area contributed by atoms with Gasteiger partial charge in [-0.05, 0) is 18.4 Å². The molecule has 1 aliphatic carbocycles. The van der Waals surface area contributed by atoms with Gasteiger partial charge in [-0.25, -0.2) is 0 Å². The highest BCUT2D eigenvalue weighted by molar-refractivity contribution is 5.92. The van der Waals surface area contributed by atoms with Crippen LogP contribution >= 0.6 is 0 Å². The summed E-state index contributed by atoms with van der Waals surface area (Å²) >= 11 is 0. The maximum absolute atomic E-state index is 12.4. The topological polar surface area (TPSA) is 76.5 Å². The first-order valence-corrected chi connectivity index (χ1v) is 8.71. The number of fused-ring (bicyclic) bond motifs is 1. The third-order valence-electron chi connectivity index (χ3n) is 5.76. The first-order valence-electron chi connectivity index (χ1n) is 8.71. The molecule has 130 valence electrons. The van der Waals surface area contributed by atoms with Crippen molar-refractivity contribution in [1.82, 2.24) is 20.0 Å². The number of hydrogen-bond donors (Lipinski definition) is 1. The first-order chi connectivity index (χ1) is 11.5. The van der Waals surface area contributed by atoms with Gasteiger partial charge in [-0.1, -0.05) is 6.92 Å². The van der Waals surface area contributed by atoms with Crippen molar-refractivity contribution in [1.29, 1.82) is 0 Å². The van der Waals surface area contributed by atoms with Crippen molar-refractivity contribution in [2.75, 3.05) is 26.2 Å². The number of carbonyl (C=O) groups is 2. The van der Waals surface area contributed by atoms with Crippen molar-refractivity contribution in [2.24, 2.45) is 30.7 Å². The van der Waals surface area contributed by atoms with Crippen LogP contribution in [0.3, 0.4) is 0 Å². The molecule has 0 aromatic carbocycles. The third-order valence-corrected chi connectivity index (χ3v) is 5.76. The molecule has 0 bridgehead atoms. The summed E-state index contributed by atoms with van der Waals surface area (Å²) in [6.45, 7) is 4.83. The van der Waals surface area contributed by atoms with E-state index < -0.39 is 0 Å². The van der Waals surface area contributed by atoms with Crippen molar-refractivity contribution in [2.45, 2.75) is 19.4 Å². The van der Waals surface area contributed by atoms with E-state index in [0.717, 1.165) is 13.0 Å². The minimum absolute atomic E-state index is 0.115. The Balaban J connectivity index is 1.32. The highest BCUT2D eigenvalue weighted by Crippen LogP contribution is 2.41. The van der Waals surface area contributed by atoms with Crippen LogP contribution in [0.25, 0.3) is 0 Å². The molecule has 0 spiro atoms. The number of nitrogens with zero attached hydrogens (tertiary/aromatic N) is 3. The summed E-state index contributed by atoms with van der Waals surface area (Å²) in [5, 5.41) is 7.00. The summed E-state index contributed by atoms with van der Waals surface area (Å²) in [7, 11) is 1.75. The lowest BCUT2D eigenvalue weighted by Crippen LogP contribution is -2.36. The SMILES string of the molecule is C[C@H]1C[C@H]1C(=O)N1C[C@@H]2[C@@H](CNC(=O)c3ccnn3C)CO[C@@H]2C1. The Morgan fingerprint density at radius 3 is 2.88 bits per heavy atom. The second kappa shape index (κ2) is 5.88. The van der Waals surface area contributed by atoms with Crippen LogP contribution in [0.2, 0.25) is 0 Å². The Kier molecular flexibility index (Phi) is 3.83. The van der Waals surface area contributed by atoms with E-state index >= 15 is 0 Å². The molecule has 0 radical (unpaired) electrons. The zero-order valence-electron chi connectivity index (χ0n) is 14.1. The Hall–Kier alpha value is -1.89. The second-order valence-corrected chi connectivity index (χ2v) is 7.41. The summed E-state index contributed by atoms with van der Waals surface area (Å²) in [5.41, 5.74) is 0.552. The normalized spacial score (nSPS) is 34.2. The summed E-state index contributed by atoms with van der Waals surface area (Å²) in [6, 6.07) is 1.70. The van der Waals surface area contributed by atoms with E-state index in [-0.39, 0.29) is 29.8 Å². The largest absolute Gasteiger partial charge is 0.376 e. The van der Waals surface area contributed by atoms with E-state index in [1.54, 1.807) is 24.0 Å². The molecule has 1 aromatic rings. The van der Waals surface area contributed by atoms with Crippen LogP contribution in [-0.4, -0.2) is 58.8 Å². The average Bonchev–Trinajstić information content (AvgIpc) is 2.94. The molecule has 2 aliphatic heterocycles. The van der Waals surface area contributed by atoms with Crippen LogP contribution in [-0.2, 0) is 16.6 Å². The fourth-order valence-electron chi connectivity index (χ4n) is 4.00. The standard InChI is InChI=1S/C17H24N4O3/c1-10-5-12(10)17(23)21-7-13-11(9-24-15(13)8-21)6-18-16(22)14-3-4-19-20(14)2/h3-4,10-13,15H,5-9H2,1-2H3,(H,18,22)/t10-,11-,12+,13+,15+/m0/s1. The number of aryl methyl sites for hydroxylation is 1.